The number of benzene rings is 4. The lowest BCUT2D eigenvalue weighted by Gasteiger charge is -2.37. The number of allylic oxidation sites excluding steroid dienone is 4. The Labute approximate surface area is 296 Å². The van der Waals surface area contributed by atoms with Gasteiger partial charge >= 0.3 is 0 Å². The van der Waals surface area contributed by atoms with E-state index in [1.165, 1.54) is 48.4 Å². The lowest BCUT2D eigenvalue weighted by Crippen LogP contribution is -2.27. The zero-order valence-corrected chi connectivity index (χ0v) is 31.7. The Bertz CT molecular complexity index is 2190. The van der Waals surface area contributed by atoms with E-state index in [-0.39, 0.29) is 44.7 Å². The highest BCUT2D eigenvalue weighted by molar-refractivity contribution is 7.19. The van der Waals surface area contributed by atoms with E-state index in [4.69, 9.17) is 0 Å². The molecule has 0 aliphatic heterocycles. The van der Waals surface area contributed by atoms with E-state index in [9.17, 15) is 9.59 Å². The molecular weight excluding hydrogens is 617 g/mol. The van der Waals surface area contributed by atoms with E-state index in [0.717, 1.165) is 10.8 Å². The number of fused-ring (bicyclic) bond motifs is 5. The van der Waals surface area contributed by atoms with Crippen LogP contribution >= 0.6 is 11.3 Å². The third-order valence-corrected chi connectivity index (χ3v) is 12.0. The van der Waals surface area contributed by atoms with E-state index in [2.05, 4.69) is 119 Å². The van der Waals surface area contributed by atoms with E-state index in [1.807, 2.05) is 53.8 Å². The van der Waals surface area contributed by atoms with Crippen molar-refractivity contribution >= 4 is 43.8 Å². The van der Waals surface area contributed by atoms with Crippen LogP contribution in [0, 0.1) is 0 Å². The smallest absolute Gasteiger partial charge is 0.197 e. The SMILES string of the molecule is CC(C)(C)c1cc(C(C)(C)C)c(C2/C(=C/C=C3C(=O)c4cc5ccccc5cc4C3=O)C(C)(C)c3c2sc2ccccc32)c(C(C)(C)C)c1. The van der Waals surface area contributed by atoms with Crippen molar-refractivity contribution in [1.82, 2.24) is 0 Å². The van der Waals surface area contributed by atoms with Crippen LogP contribution in [0.2, 0.25) is 0 Å². The van der Waals surface area contributed by atoms with Gasteiger partial charge in [0.25, 0.3) is 0 Å². The fourth-order valence-electron chi connectivity index (χ4n) is 8.12. The fraction of sp³-hybridized carbons (Fsp3) is 0.348. The largest absolute Gasteiger partial charge is 0.288 e. The van der Waals surface area contributed by atoms with Gasteiger partial charge in [-0.15, -0.1) is 11.3 Å². The molecule has 2 aliphatic rings. The van der Waals surface area contributed by atoms with Gasteiger partial charge in [-0.1, -0.05) is 137 Å². The summed E-state index contributed by atoms with van der Waals surface area (Å²) in [6, 6.07) is 25.4. The second kappa shape index (κ2) is 11.0. The highest BCUT2D eigenvalue weighted by Gasteiger charge is 2.48. The number of ketones is 2. The first kappa shape index (κ1) is 33.4. The van der Waals surface area contributed by atoms with Gasteiger partial charge in [0.05, 0.1) is 5.57 Å². The minimum Gasteiger partial charge on any atom is -0.288 e. The van der Waals surface area contributed by atoms with Gasteiger partial charge in [-0.25, -0.2) is 0 Å². The van der Waals surface area contributed by atoms with Crippen LogP contribution < -0.4 is 0 Å². The van der Waals surface area contributed by atoms with Crippen molar-refractivity contribution in [3.8, 4) is 0 Å². The van der Waals surface area contributed by atoms with Crippen LogP contribution in [-0.2, 0) is 21.7 Å². The summed E-state index contributed by atoms with van der Waals surface area (Å²) in [7, 11) is 0. The van der Waals surface area contributed by atoms with Crippen LogP contribution in [0.4, 0.5) is 0 Å². The first-order valence-corrected chi connectivity index (χ1v) is 18.4. The summed E-state index contributed by atoms with van der Waals surface area (Å²) in [6.07, 6.45) is 3.98. The number of carbonyl (C=O) groups excluding carboxylic acids is 2. The molecule has 0 amide bonds. The molecule has 250 valence electrons. The van der Waals surface area contributed by atoms with Gasteiger partial charge in [0, 0.05) is 32.0 Å². The van der Waals surface area contributed by atoms with Crippen molar-refractivity contribution in [2.45, 2.75) is 104 Å². The summed E-state index contributed by atoms with van der Waals surface area (Å²) in [5, 5.41) is 3.23. The molecule has 0 fully saturated rings. The Morgan fingerprint density at radius 1 is 0.653 bits per heavy atom. The van der Waals surface area contributed by atoms with Gasteiger partial charge in [0.2, 0.25) is 0 Å². The normalized spacial score (nSPS) is 18.6. The lowest BCUT2D eigenvalue weighted by atomic mass is 9.67. The molecule has 0 radical (unpaired) electrons. The van der Waals surface area contributed by atoms with Crippen molar-refractivity contribution in [2.24, 2.45) is 0 Å². The highest BCUT2D eigenvalue weighted by Crippen LogP contribution is 2.60. The number of thiophene rings is 1. The number of hydrogen-bond donors (Lipinski definition) is 0. The third-order valence-electron chi connectivity index (χ3n) is 10.8. The first-order chi connectivity index (χ1) is 22.8. The molecule has 3 heteroatoms. The van der Waals surface area contributed by atoms with Crippen molar-refractivity contribution in [1.29, 1.82) is 0 Å². The number of rotatable bonds is 2. The molecule has 0 spiro atoms. The number of Topliss-reactive ketones (excluding diaryl/α,β-unsaturated/α-hetero) is 2. The summed E-state index contributed by atoms with van der Waals surface area (Å²) >= 11 is 1.90. The topological polar surface area (TPSA) is 34.1 Å². The van der Waals surface area contributed by atoms with Gasteiger partial charge in [-0.2, -0.15) is 0 Å². The van der Waals surface area contributed by atoms with Crippen molar-refractivity contribution < 1.29 is 9.59 Å². The number of carbonyl (C=O) groups is 2. The highest BCUT2D eigenvalue weighted by atomic mass is 32.1. The summed E-state index contributed by atoms with van der Waals surface area (Å²) in [6.45, 7) is 25.6. The van der Waals surface area contributed by atoms with Crippen LogP contribution in [0.3, 0.4) is 0 Å². The fourth-order valence-corrected chi connectivity index (χ4v) is 9.62. The standard InChI is InChI=1S/C46H48O2S/c1-43(2,3)28-24-34(44(4,5)6)37(35(25-28)45(7,8)9)38-33(46(10,11)39-29-18-14-15-19-36(29)49-42(38)39)21-20-30-40(47)31-22-26-16-12-13-17-27(26)23-32(31)41(30)48/h12-25,38H,1-11H3/b33-21-. The predicted molar refractivity (Wildman–Crippen MR) is 208 cm³/mol. The lowest BCUT2D eigenvalue weighted by molar-refractivity contribution is 0.0988. The molecule has 7 rings (SSSR count). The molecule has 1 atom stereocenters. The quantitative estimate of drug-likeness (QED) is 0.139. The molecule has 5 aromatic rings. The van der Waals surface area contributed by atoms with E-state index < -0.39 is 0 Å². The van der Waals surface area contributed by atoms with Crippen LogP contribution in [0.25, 0.3) is 20.9 Å². The molecule has 1 aromatic heterocycles. The molecule has 1 unspecified atom stereocenters. The predicted octanol–water partition coefficient (Wildman–Crippen LogP) is 12.3. The molecule has 2 nitrogen and oxygen atoms in total. The van der Waals surface area contributed by atoms with E-state index in [0.29, 0.717) is 11.1 Å². The van der Waals surface area contributed by atoms with Gasteiger partial charge in [-0.3, -0.25) is 9.59 Å². The molecule has 0 saturated carbocycles. The first-order valence-electron chi connectivity index (χ1n) is 17.6. The minimum atomic E-state index is -0.337. The monoisotopic (exact) mass is 664 g/mol. The Kier molecular flexibility index (Phi) is 7.47. The molecule has 0 N–H and O–H groups in total. The summed E-state index contributed by atoms with van der Waals surface area (Å²) < 4.78 is 1.30. The van der Waals surface area contributed by atoms with Gasteiger partial charge in [0.15, 0.2) is 11.6 Å². The van der Waals surface area contributed by atoms with Gasteiger partial charge in [-0.05, 0) is 90.1 Å². The maximum atomic E-state index is 13.9. The maximum Gasteiger partial charge on any atom is 0.197 e. The molecule has 4 aromatic carbocycles. The molecule has 2 aliphatic carbocycles. The van der Waals surface area contributed by atoms with Crippen molar-refractivity contribution in [2.75, 3.05) is 0 Å². The summed E-state index contributed by atoms with van der Waals surface area (Å²) in [5.41, 5.74) is 8.70. The van der Waals surface area contributed by atoms with Gasteiger partial charge in [0.1, 0.15) is 0 Å². The molecular formula is C46H48O2S. The Balaban J connectivity index is 1.52. The Hall–Kier alpha value is -4.08. The minimum absolute atomic E-state index is 0.0116. The van der Waals surface area contributed by atoms with Crippen LogP contribution in [0.1, 0.15) is 135 Å². The van der Waals surface area contributed by atoms with Crippen molar-refractivity contribution in [3.05, 3.63) is 140 Å². The molecule has 0 saturated heterocycles. The average Bonchev–Trinajstić information content (AvgIpc) is 3.58. The van der Waals surface area contributed by atoms with Crippen LogP contribution in [0.5, 0.6) is 0 Å². The third kappa shape index (κ3) is 5.28. The van der Waals surface area contributed by atoms with Crippen LogP contribution in [0.15, 0.2) is 96.1 Å². The Morgan fingerprint density at radius 2 is 1.16 bits per heavy atom. The van der Waals surface area contributed by atoms with E-state index in [1.54, 1.807) is 0 Å². The zero-order valence-electron chi connectivity index (χ0n) is 30.9. The summed E-state index contributed by atoms with van der Waals surface area (Å²) in [5.74, 6) is -0.390. The molecule has 1 heterocycles. The average molecular weight is 665 g/mol. The number of hydrogen-bond acceptors (Lipinski definition) is 3. The second-order valence-corrected chi connectivity index (χ2v) is 18.8. The van der Waals surface area contributed by atoms with Crippen LogP contribution in [-0.4, -0.2) is 11.6 Å². The van der Waals surface area contributed by atoms with Crippen molar-refractivity contribution in [3.63, 3.8) is 0 Å². The van der Waals surface area contributed by atoms with Gasteiger partial charge < -0.3 is 0 Å². The molecule has 49 heavy (non-hydrogen) atoms. The van der Waals surface area contributed by atoms with E-state index >= 15 is 0 Å². The zero-order chi connectivity index (χ0) is 35.4. The Morgan fingerprint density at radius 3 is 1.67 bits per heavy atom. The molecule has 0 bridgehead atoms. The summed E-state index contributed by atoms with van der Waals surface area (Å²) in [4.78, 5) is 29.2. The maximum absolute atomic E-state index is 13.9. The second-order valence-electron chi connectivity index (χ2n) is 17.7.